The Morgan fingerprint density at radius 1 is 1.13 bits per heavy atom. The number of hydrogen-bond donors (Lipinski definition) is 2. The average molecular weight is 335 g/mol. The maximum Gasteiger partial charge on any atom is 0.339 e. The van der Waals surface area contributed by atoms with Gasteiger partial charge in [0.05, 0.1) is 30.2 Å². The Morgan fingerprint density at radius 3 is 2.35 bits per heavy atom. The molecule has 2 N–H and O–H groups in total. The lowest BCUT2D eigenvalue weighted by molar-refractivity contribution is 0.0596. The molecule has 122 valence electrons. The van der Waals surface area contributed by atoms with E-state index in [-0.39, 0.29) is 10.5 Å². The number of aliphatic hydroxyl groups is 1. The van der Waals surface area contributed by atoms with Gasteiger partial charge in [-0.05, 0) is 17.7 Å². The van der Waals surface area contributed by atoms with Crippen molar-refractivity contribution in [2.45, 2.75) is 10.9 Å². The summed E-state index contributed by atoms with van der Waals surface area (Å²) in [6, 6.07) is 13.6. The van der Waals surface area contributed by atoms with Gasteiger partial charge in [-0.3, -0.25) is 0 Å². The van der Waals surface area contributed by atoms with Gasteiger partial charge in [0, 0.05) is 0 Å². The van der Waals surface area contributed by atoms with Gasteiger partial charge in [0.15, 0.2) is 0 Å². The van der Waals surface area contributed by atoms with Crippen LogP contribution in [-0.4, -0.2) is 33.2 Å². The molecule has 2 rings (SSSR count). The Labute approximate surface area is 134 Å². The topological polar surface area (TPSA) is 92.7 Å². The van der Waals surface area contributed by atoms with Crippen LogP contribution in [-0.2, 0) is 14.8 Å². The number of carbonyl (C=O) groups is 1. The van der Waals surface area contributed by atoms with E-state index in [1.165, 1.54) is 25.3 Å². The van der Waals surface area contributed by atoms with Gasteiger partial charge in [-0.25, -0.2) is 17.9 Å². The second kappa shape index (κ2) is 7.36. The van der Waals surface area contributed by atoms with Crippen LogP contribution in [0, 0.1) is 0 Å². The lowest BCUT2D eigenvalue weighted by Crippen LogP contribution is -2.32. The number of rotatable bonds is 6. The third-order valence-electron chi connectivity index (χ3n) is 3.26. The van der Waals surface area contributed by atoms with Crippen molar-refractivity contribution < 1.29 is 23.1 Å². The largest absolute Gasteiger partial charge is 0.465 e. The molecule has 0 saturated carbocycles. The first-order valence-electron chi connectivity index (χ1n) is 6.85. The molecular formula is C16H17NO5S. The number of benzene rings is 2. The highest BCUT2D eigenvalue weighted by atomic mass is 32.2. The van der Waals surface area contributed by atoms with Crippen LogP contribution < -0.4 is 4.72 Å². The van der Waals surface area contributed by atoms with Crippen LogP contribution in [0.5, 0.6) is 0 Å². The van der Waals surface area contributed by atoms with Crippen LogP contribution in [0.2, 0.25) is 0 Å². The Balaban J connectivity index is 2.37. The predicted molar refractivity (Wildman–Crippen MR) is 84.4 cm³/mol. The second-order valence-corrected chi connectivity index (χ2v) is 6.44. The van der Waals surface area contributed by atoms with Crippen molar-refractivity contribution in [3.8, 4) is 0 Å². The van der Waals surface area contributed by atoms with Crippen LogP contribution in [0.1, 0.15) is 22.0 Å². The summed E-state index contributed by atoms with van der Waals surface area (Å²) >= 11 is 0. The molecule has 1 atom stereocenters. The van der Waals surface area contributed by atoms with Gasteiger partial charge >= 0.3 is 5.97 Å². The molecule has 0 aliphatic heterocycles. The van der Waals surface area contributed by atoms with E-state index in [1.54, 1.807) is 36.4 Å². The quantitative estimate of drug-likeness (QED) is 0.780. The van der Waals surface area contributed by atoms with E-state index in [9.17, 15) is 18.3 Å². The van der Waals surface area contributed by atoms with E-state index in [2.05, 4.69) is 9.46 Å². The lowest BCUT2D eigenvalue weighted by Gasteiger charge is -2.18. The molecule has 0 unspecified atom stereocenters. The third kappa shape index (κ3) is 3.95. The van der Waals surface area contributed by atoms with Crippen molar-refractivity contribution in [2.75, 3.05) is 13.7 Å². The maximum atomic E-state index is 12.6. The lowest BCUT2D eigenvalue weighted by atomic mass is 10.1. The molecule has 0 aliphatic rings. The molecule has 0 bridgehead atoms. The first kappa shape index (κ1) is 17.1. The minimum Gasteiger partial charge on any atom is -0.465 e. The molecule has 2 aromatic carbocycles. The minimum absolute atomic E-state index is 0.0627. The molecule has 2 aromatic rings. The fraction of sp³-hybridized carbons (Fsp3) is 0.188. The number of nitrogens with one attached hydrogen (secondary N) is 1. The second-order valence-electron chi connectivity index (χ2n) is 4.75. The molecule has 6 nitrogen and oxygen atoms in total. The molecule has 0 saturated heterocycles. The summed E-state index contributed by atoms with van der Waals surface area (Å²) in [6.07, 6.45) is 0. The number of carbonyl (C=O) groups excluding carboxylic acids is 1. The zero-order valence-corrected chi connectivity index (χ0v) is 13.3. The Morgan fingerprint density at radius 2 is 1.74 bits per heavy atom. The first-order valence-corrected chi connectivity index (χ1v) is 8.33. The number of hydrogen-bond acceptors (Lipinski definition) is 5. The van der Waals surface area contributed by atoms with Crippen molar-refractivity contribution in [1.82, 2.24) is 4.72 Å². The summed E-state index contributed by atoms with van der Waals surface area (Å²) in [5.74, 6) is -0.744. The number of sulfonamides is 1. The van der Waals surface area contributed by atoms with E-state index in [4.69, 9.17) is 0 Å². The molecule has 0 aromatic heterocycles. The van der Waals surface area contributed by atoms with Crippen molar-refractivity contribution in [1.29, 1.82) is 0 Å². The molecule has 0 radical (unpaired) electrons. The van der Waals surface area contributed by atoms with E-state index in [1.807, 2.05) is 0 Å². The molecule has 0 heterocycles. The van der Waals surface area contributed by atoms with Crippen molar-refractivity contribution in [3.05, 3.63) is 65.7 Å². The number of methoxy groups -OCH3 is 1. The first-order chi connectivity index (χ1) is 11.0. The van der Waals surface area contributed by atoms with E-state index < -0.39 is 28.6 Å². The summed E-state index contributed by atoms with van der Waals surface area (Å²) < 4.78 is 32.2. The molecule has 23 heavy (non-hydrogen) atoms. The Bertz CT molecular complexity index is 774. The summed E-state index contributed by atoms with van der Waals surface area (Å²) in [4.78, 5) is 11.5. The van der Waals surface area contributed by atoms with Gasteiger partial charge in [-0.15, -0.1) is 0 Å². The SMILES string of the molecule is COC(=O)c1ccccc1S(=O)(=O)N[C@@H](CO)c1ccccc1. The van der Waals surface area contributed by atoms with Gasteiger partial charge in [-0.1, -0.05) is 42.5 Å². The Hall–Kier alpha value is -2.22. The fourth-order valence-electron chi connectivity index (χ4n) is 2.13. The smallest absolute Gasteiger partial charge is 0.339 e. The number of esters is 1. The van der Waals surface area contributed by atoms with Gasteiger partial charge in [0.1, 0.15) is 0 Å². The third-order valence-corrected chi connectivity index (χ3v) is 4.79. The van der Waals surface area contributed by atoms with E-state index in [0.29, 0.717) is 5.56 Å². The summed E-state index contributed by atoms with van der Waals surface area (Å²) in [6.45, 7) is -0.413. The van der Waals surface area contributed by atoms with Gasteiger partial charge in [0.25, 0.3) is 0 Å². The van der Waals surface area contributed by atoms with Gasteiger partial charge < -0.3 is 9.84 Å². The zero-order chi connectivity index (χ0) is 16.9. The molecule has 0 amide bonds. The van der Waals surface area contributed by atoms with Crippen molar-refractivity contribution in [3.63, 3.8) is 0 Å². The molecule has 0 fully saturated rings. The van der Waals surface area contributed by atoms with Crippen molar-refractivity contribution >= 4 is 16.0 Å². The zero-order valence-electron chi connectivity index (χ0n) is 12.5. The van der Waals surface area contributed by atoms with E-state index in [0.717, 1.165) is 0 Å². The molecule has 0 aliphatic carbocycles. The summed E-state index contributed by atoms with van der Waals surface area (Å²) in [5.41, 5.74) is 0.557. The van der Waals surface area contributed by atoms with Gasteiger partial charge in [0.2, 0.25) is 10.0 Å². The predicted octanol–water partition coefficient (Wildman–Crippen LogP) is 1.49. The van der Waals surface area contributed by atoms with Crippen LogP contribution >= 0.6 is 0 Å². The number of aliphatic hydroxyl groups excluding tert-OH is 1. The average Bonchev–Trinajstić information content (AvgIpc) is 2.59. The molecule has 7 heteroatoms. The highest BCUT2D eigenvalue weighted by molar-refractivity contribution is 7.89. The van der Waals surface area contributed by atoms with Crippen LogP contribution in [0.3, 0.4) is 0 Å². The highest BCUT2D eigenvalue weighted by Crippen LogP contribution is 2.20. The maximum absolute atomic E-state index is 12.6. The molecular weight excluding hydrogens is 318 g/mol. The summed E-state index contributed by atoms with van der Waals surface area (Å²) in [5, 5.41) is 9.50. The summed E-state index contributed by atoms with van der Waals surface area (Å²) in [7, 11) is -2.84. The highest BCUT2D eigenvalue weighted by Gasteiger charge is 2.25. The standard InChI is InChI=1S/C16H17NO5S/c1-22-16(19)13-9-5-6-10-15(13)23(20,21)17-14(11-18)12-7-3-2-4-8-12/h2-10,14,17-18H,11H2,1H3/t14-/m0/s1. The molecule has 0 spiro atoms. The normalized spacial score (nSPS) is 12.6. The van der Waals surface area contributed by atoms with Crippen LogP contribution in [0.25, 0.3) is 0 Å². The van der Waals surface area contributed by atoms with Gasteiger partial charge in [-0.2, -0.15) is 0 Å². The number of ether oxygens (including phenoxy) is 1. The van der Waals surface area contributed by atoms with E-state index >= 15 is 0 Å². The minimum atomic E-state index is -4.02. The monoisotopic (exact) mass is 335 g/mol. The van der Waals surface area contributed by atoms with Crippen molar-refractivity contribution in [2.24, 2.45) is 0 Å². The Kier molecular flexibility index (Phi) is 5.49. The van der Waals surface area contributed by atoms with Crippen LogP contribution in [0.15, 0.2) is 59.5 Å². The fourth-order valence-corrected chi connectivity index (χ4v) is 3.54. The van der Waals surface area contributed by atoms with Crippen LogP contribution in [0.4, 0.5) is 0 Å².